The van der Waals surface area contributed by atoms with Crippen molar-refractivity contribution in [3.8, 4) is 5.75 Å². The third-order valence-electron chi connectivity index (χ3n) is 3.88. The first-order valence-corrected chi connectivity index (χ1v) is 7.69. The zero-order valence-corrected chi connectivity index (χ0v) is 12.7. The molecule has 0 saturated heterocycles. The van der Waals surface area contributed by atoms with Gasteiger partial charge in [0.1, 0.15) is 5.75 Å². The minimum Gasteiger partial charge on any atom is -0.490 e. The molecule has 0 saturated carbocycles. The van der Waals surface area contributed by atoms with Crippen molar-refractivity contribution in [1.82, 2.24) is 5.32 Å². The van der Waals surface area contributed by atoms with E-state index >= 15 is 0 Å². The Balaban J connectivity index is 2.14. The van der Waals surface area contributed by atoms with Gasteiger partial charge in [0.15, 0.2) is 0 Å². The minimum absolute atomic E-state index is 0.224. The number of hydrogen-bond donors (Lipinski definition) is 1. The number of fused-ring (bicyclic) bond motifs is 3. The molecule has 2 aromatic carbocycles. The van der Waals surface area contributed by atoms with Crippen LogP contribution in [0.25, 0.3) is 10.8 Å². The summed E-state index contributed by atoms with van der Waals surface area (Å²) in [6.45, 7) is 5.33. The molecule has 2 unspecified atom stereocenters. The quantitative estimate of drug-likeness (QED) is 0.884. The lowest BCUT2D eigenvalue weighted by Gasteiger charge is -2.32. The summed E-state index contributed by atoms with van der Waals surface area (Å²) in [5.74, 6) is 0.998. The fraction of sp³-hybridized carbons (Fsp3) is 0.412. The largest absolute Gasteiger partial charge is 0.490 e. The average Bonchev–Trinajstić information content (AvgIpc) is 2.46. The maximum atomic E-state index is 6.45. The zero-order valence-electron chi connectivity index (χ0n) is 11.9. The van der Waals surface area contributed by atoms with E-state index in [1.54, 1.807) is 0 Å². The van der Waals surface area contributed by atoms with Crippen LogP contribution in [0.5, 0.6) is 5.75 Å². The van der Waals surface area contributed by atoms with Crippen molar-refractivity contribution in [1.29, 1.82) is 0 Å². The van der Waals surface area contributed by atoms with E-state index in [1.165, 1.54) is 5.56 Å². The molecule has 0 bridgehead atoms. The maximum Gasteiger partial charge on any atom is 0.132 e. The van der Waals surface area contributed by atoms with Crippen LogP contribution < -0.4 is 10.1 Å². The first-order valence-electron chi connectivity index (χ1n) is 7.32. The number of hydrogen-bond acceptors (Lipinski definition) is 2. The third kappa shape index (κ3) is 2.38. The van der Waals surface area contributed by atoms with Crippen molar-refractivity contribution in [2.24, 2.45) is 0 Å². The Morgan fingerprint density at radius 2 is 2.05 bits per heavy atom. The van der Waals surface area contributed by atoms with Crippen molar-refractivity contribution in [3.05, 3.63) is 40.9 Å². The first kappa shape index (κ1) is 13.7. The van der Waals surface area contributed by atoms with Gasteiger partial charge in [-0.15, -0.1) is 0 Å². The van der Waals surface area contributed by atoms with Gasteiger partial charge >= 0.3 is 0 Å². The van der Waals surface area contributed by atoms with Crippen LogP contribution in [-0.2, 0) is 0 Å². The second-order valence-electron chi connectivity index (χ2n) is 5.49. The van der Waals surface area contributed by atoms with Gasteiger partial charge in [0.2, 0.25) is 0 Å². The molecule has 0 amide bonds. The summed E-state index contributed by atoms with van der Waals surface area (Å²) in [4.78, 5) is 0. The predicted octanol–water partition coefficient (Wildman–Crippen LogP) is 4.70. The van der Waals surface area contributed by atoms with E-state index in [0.29, 0.717) is 6.04 Å². The van der Waals surface area contributed by atoms with Gasteiger partial charge < -0.3 is 10.1 Å². The number of nitrogens with one attached hydrogen (secondary N) is 1. The fourth-order valence-electron chi connectivity index (χ4n) is 2.94. The van der Waals surface area contributed by atoms with Crippen LogP contribution in [0.15, 0.2) is 30.3 Å². The number of halogens is 1. The molecule has 3 rings (SSSR count). The molecule has 1 aliphatic heterocycles. The Bertz CT molecular complexity index is 626. The van der Waals surface area contributed by atoms with E-state index in [9.17, 15) is 0 Å². The van der Waals surface area contributed by atoms with E-state index in [-0.39, 0.29) is 6.10 Å². The molecule has 1 heterocycles. The van der Waals surface area contributed by atoms with E-state index in [4.69, 9.17) is 16.3 Å². The Labute approximate surface area is 125 Å². The van der Waals surface area contributed by atoms with Gasteiger partial charge in [0.25, 0.3) is 0 Å². The summed E-state index contributed by atoms with van der Waals surface area (Å²) in [7, 11) is 0. The number of rotatable bonds is 3. The summed E-state index contributed by atoms with van der Waals surface area (Å²) in [6.07, 6.45) is 2.34. The van der Waals surface area contributed by atoms with Crippen LogP contribution in [0.1, 0.15) is 38.3 Å². The minimum atomic E-state index is 0.224. The van der Waals surface area contributed by atoms with Gasteiger partial charge in [0, 0.05) is 33.8 Å². The molecule has 0 aromatic heterocycles. The highest BCUT2D eigenvalue weighted by Gasteiger charge is 2.27. The predicted molar refractivity (Wildman–Crippen MR) is 84.7 cm³/mol. The molecule has 2 aromatic rings. The zero-order chi connectivity index (χ0) is 14.1. The smallest absolute Gasteiger partial charge is 0.132 e. The highest BCUT2D eigenvalue weighted by Crippen LogP contribution is 2.42. The SMILES string of the molecule is CCCNC1CC(C)Oc2c1cc(Cl)c1ccccc21. The number of ether oxygens (including phenoxy) is 1. The van der Waals surface area contributed by atoms with Crippen molar-refractivity contribution in [3.63, 3.8) is 0 Å². The Hall–Kier alpha value is -1.25. The van der Waals surface area contributed by atoms with Gasteiger partial charge in [-0.2, -0.15) is 0 Å². The van der Waals surface area contributed by atoms with E-state index in [0.717, 1.165) is 40.9 Å². The molecule has 20 heavy (non-hydrogen) atoms. The van der Waals surface area contributed by atoms with Crippen LogP contribution in [0.2, 0.25) is 5.02 Å². The van der Waals surface area contributed by atoms with Crippen LogP contribution in [0, 0.1) is 0 Å². The molecule has 2 atom stereocenters. The normalized spacial score (nSPS) is 21.6. The summed E-state index contributed by atoms with van der Waals surface area (Å²) in [5.41, 5.74) is 1.19. The molecule has 0 spiro atoms. The topological polar surface area (TPSA) is 21.3 Å². The summed E-state index contributed by atoms with van der Waals surface area (Å²) in [6, 6.07) is 10.6. The van der Waals surface area contributed by atoms with Crippen molar-refractivity contribution < 1.29 is 4.74 Å². The monoisotopic (exact) mass is 289 g/mol. The van der Waals surface area contributed by atoms with Gasteiger partial charge in [-0.1, -0.05) is 42.8 Å². The van der Waals surface area contributed by atoms with Crippen molar-refractivity contribution in [2.75, 3.05) is 6.54 Å². The molecule has 106 valence electrons. The van der Waals surface area contributed by atoms with E-state index < -0.39 is 0 Å². The van der Waals surface area contributed by atoms with Crippen LogP contribution in [0.4, 0.5) is 0 Å². The lowest BCUT2D eigenvalue weighted by atomic mass is 9.93. The highest BCUT2D eigenvalue weighted by atomic mass is 35.5. The molecule has 0 fully saturated rings. The lowest BCUT2D eigenvalue weighted by Crippen LogP contribution is -2.32. The summed E-state index contributed by atoms with van der Waals surface area (Å²) < 4.78 is 6.11. The van der Waals surface area contributed by atoms with E-state index in [1.807, 2.05) is 12.1 Å². The van der Waals surface area contributed by atoms with Crippen LogP contribution in [-0.4, -0.2) is 12.6 Å². The second-order valence-corrected chi connectivity index (χ2v) is 5.90. The summed E-state index contributed by atoms with van der Waals surface area (Å²) in [5, 5.41) is 6.60. The van der Waals surface area contributed by atoms with Gasteiger partial charge in [-0.05, 0) is 26.0 Å². The molecule has 3 heteroatoms. The van der Waals surface area contributed by atoms with Gasteiger partial charge in [-0.3, -0.25) is 0 Å². The highest BCUT2D eigenvalue weighted by molar-refractivity contribution is 6.36. The average molecular weight is 290 g/mol. The van der Waals surface area contributed by atoms with E-state index in [2.05, 4.69) is 37.4 Å². The van der Waals surface area contributed by atoms with Crippen molar-refractivity contribution >= 4 is 22.4 Å². The fourth-order valence-corrected chi connectivity index (χ4v) is 3.22. The van der Waals surface area contributed by atoms with Crippen LogP contribution >= 0.6 is 11.6 Å². The second kappa shape index (κ2) is 5.63. The maximum absolute atomic E-state index is 6.45. The third-order valence-corrected chi connectivity index (χ3v) is 4.19. The Kier molecular flexibility index (Phi) is 3.86. The first-order chi connectivity index (χ1) is 9.70. The lowest BCUT2D eigenvalue weighted by molar-refractivity contribution is 0.169. The van der Waals surface area contributed by atoms with Gasteiger partial charge in [-0.25, -0.2) is 0 Å². The molecule has 0 radical (unpaired) electrons. The van der Waals surface area contributed by atoms with Crippen LogP contribution in [0.3, 0.4) is 0 Å². The molecule has 2 nitrogen and oxygen atoms in total. The van der Waals surface area contributed by atoms with Crippen molar-refractivity contribution in [2.45, 2.75) is 38.8 Å². The Morgan fingerprint density at radius 1 is 1.30 bits per heavy atom. The molecule has 1 aliphatic rings. The Morgan fingerprint density at radius 3 is 2.80 bits per heavy atom. The standard InChI is InChI=1S/C17H20ClNO/c1-3-8-19-16-9-11(2)20-17-13-7-5-4-6-12(13)15(18)10-14(16)17/h4-7,10-11,16,19H,3,8-9H2,1-2H3. The number of benzene rings is 2. The molecule has 1 N–H and O–H groups in total. The summed E-state index contributed by atoms with van der Waals surface area (Å²) >= 11 is 6.45. The molecule has 0 aliphatic carbocycles. The van der Waals surface area contributed by atoms with Gasteiger partial charge in [0.05, 0.1) is 6.10 Å². The molecular weight excluding hydrogens is 270 g/mol. The molecular formula is C17H20ClNO.